The van der Waals surface area contributed by atoms with Crippen molar-refractivity contribution in [3.8, 4) is 0 Å². The van der Waals surface area contributed by atoms with Gasteiger partial charge in [-0.3, -0.25) is 0 Å². The summed E-state index contributed by atoms with van der Waals surface area (Å²) in [7, 11) is 0. The Balaban J connectivity index is 2.31. The molecule has 0 aliphatic rings. The van der Waals surface area contributed by atoms with E-state index in [0.29, 0.717) is 6.42 Å². The van der Waals surface area contributed by atoms with Gasteiger partial charge in [-0.05, 0) is 40.2 Å². The van der Waals surface area contributed by atoms with E-state index in [1.54, 1.807) is 11.3 Å². The molecule has 102 valence electrons. The van der Waals surface area contributed by atoms with Crippen molar-refractivity contribution < 1.29 is 5.11 Å². The fourth-order valence-corrected chi connectivity index (χ4v) is 3.38. The number of rotatable bonds is 3. The van der Waals surface area contributed by atoms with E-state index >= 15 is 0 Å². The summed E-state index contributed by atoms with van der Waals surface area (Å²) < 4.78 is 0. The molecule has 0 amide bonds. The summed E-state index contributed by atoms with van der Waals surface area (Å²) >= 11 is 1.67. The summed E-state index contributed by atoms with van der Waals surface area (Å²) in [5.74, 6) is 0. The third kappa shape index (κ3) is 3.23. The van der Waals surface area contributed by atoms with Gasteiger partial charge in [-0.2, -0.15) is 0 Å². The molecule has 0 saturated carbocycles. The second-order valence-electron chi connectivity index (χ2n) is 5.58. The molecular weight excluding hydrogens is 254 g/mol. The van der Waals surface area contributed by atoms with E-state index < -0.39 is 5.60 Å². The maximum absolute atomic E-state index is 10.8. The minimum absolute atomic E-state index is 0.565. The van der Waals surface area contributed by atoms with Gasteiger partial charge < -0.3 is 5.11 Å². The van der Waals surface area contributed by atoms with Crippen LogP contribution in [0.15, 0.2) is 18.2 Å². The molecule has 1 unspecified atom stereocenters. The first-order chi connectivity index (χ1) is 8.78. The second kappa shape index (κ2) is 5.06. The van der Waals surface area contributed by atoms with Crippen molar-refractivity contribution in [2.45, 2.75) is 46.6 Å². The summed E-state index contributed by atoms with van der Waals surface area (Å²) in [5, 5.41) is 11.8. The summed E-state index contributed by atoms with van der Waals surface area (Å²) in [4.78, 5) is 5.75. The number of hydrogen-bond donors (Lipinski definition) is 1. The number of nitrogens with zero attached hydrogens (tertiary/aromatic N) is 1. The van der Waals surface area contributed by atoms with Crippen molar-refractivity contribution in [3.05, 3.63) is 50.5 Å². The van der Waals surface area contributed by atoms with Crippen LogP contribution in [0.25, 0.3) is 0 Å². The third-order valence-electron chi connectivity index (χ3n) is 3.41. The van der Waals surface area contributed by atoms with Gasteiger partial charge >= 0.3 is 0 Å². The molecule has 1 aromatic heterocycles. The average Bonchev–Trinajstić information content (AvgIpc) is 2.55. The number of hydrogen-bond acceptors (Lipinski definition) is 3. The molecule has 1 N–H and O–H groups in total. The largest absolute Gasteiger partial charge is 0.385 e. The van der Waals surface area contributed by atoms with Gasteiger partial charge in [0.2, 0.25) is 0 Å². The third-order valence-corrected chi connectivity index (χ3v) is 4.48. The topological polar surface area (TPSA) is 33.1 Å². The van der Waals surface area contributed by atoms with Crippen molar-refractivity contribution >= 4 is 11.3 Å². The standard InChI is InChI=1S/C16H21NOS/c1-10-6-11(2)8-14(7-10)16(5,18)9-15-17-12(3)13(4)19-15/h6-8,18H,9H2,1-5H3. The normalized spacial score (nSPS) is 14.4. The van der Waals surface area contributed by atoms with E-state index in [1.165, 1.54) is 16.0 Å². The SMILES string of the molecule is Cc1cc(C)cc(C(C)(O)Cc2nc(C)c(C)s2)c1. The summed E-state index contributed by atoms with van der Waals surface area (Å²) in [6.07, 6.45) is 0.565. The zero-order valence-corrected chi connectivity index (χ0v) is 13.1. The monoisotopic (exact) mass is 275 g/mol. The van der Waals surface area contributed by atoms with Gasteiger partial charge in [0.1, 0.15) is 0 Å². The van der Waals surface area contributed by atoms with Crippen molar-refractivity contribution in [1.29, 1.82) is 0 Å². The lowest BCUT2D eigenvalue weighted by atomic mass is 9.90. The number of thiazole rings is 1. The van der Waals surface area contributed by atoms with Gasteiger partial charge in [0.15, 0.2) is 0 Å². The van der Waals surface area contributed by atoms with Crippen LogP contribution in [0.3, 0.4) is 0 Å². The Hall–Kier alpha value is -1.19. The molecule has 2 rings (SSSR count). The van der Waals surface area contributed by atoms with E-state index in [2.05, 4.69) is 44.0 Å². The van der Waals surface area contributed by atoms with Crippen LogP contribution in [0.2, 0.25) is 0 Å². The van der Waals surface area contributed by atoms with Crippen LogP contribution in [0.1, 0.15) is 39.2 Å². The van der Waals surface area contributed by atoms with Crippen molar-refractivity contribution in [3.63, 3.8) is 0 Å². The van der Waals surface area contributed by atoms with E-state index in [9.17, 15) is 5.11 Å². The van der Waals surface area contributed by atoms with Crippen LogP contribution in [0.5, 0.6) is 0 Å². The summed E-state index contributed by atoms with van der Waals surface area (Å²) in [6.45, 7) is 10.1. The fraction of sp³-hybridized carbons (Fsp3) is 0.438. The zero-order valence-electron chi connectivity index (χ0n) is 12.2. The van der Waals surface area contributed by atoms with Gasteiger partial charge in [-0.25, -0.2) is 4.98 Å². The quantitative estimate of drug-likeness (QED) is 0.923. The molecule has 0 aliphatic heterocycles. The van der Waals surface area contributed by atoms with Crippen molar-refractivity contribution in [2.24, 2.45) is 0 Å². The molecule has 0 aliphatic carbocycles. The minimum atomic E-state index is -0.868. The molecule has 0 bridgehead atoms. The lowest BCUT2D eigenvalue weighted by Crippen LogP contribution is -2.24. The van der Waals surface area contributed by atoms with Gasteiger partial charge in [-0.1, -0.05) is 29.3 Å². The summed E-state index contributed by atoms with van der Waals surface area (Å²) in [5.41, 5.74) is 3.53. The van der Waals surface area contributed by atoms with E-state index in [4.69, 9.17) is 0 Å². The first-order valence-electron chi connectivity index (χ1n) is 6.52. The molecule has 0 spiro atoms. The first kappa shape index (κ1) is 14.2. The molecule has 0 saturated heterocycles. The highest BCUT2D eigenvalue weighted by atomic mass is 32.1. The second-order valence-corrected chi connectivity index (χ2v) is 6.86. The zero-order chi connectivity index (χ0) is 14.2. The van der Waals surface area contributed by atoms with Gasteiger partial charge in [-0.15, -0.1) is 11.3 Å². The lowest BCUT2D eigenvalue weighted by molar-refractivity contribution is 0.0574. The Labute approximate surface area is 119 Å². The maximum atomic E-state index is 10.8. The molecule has 3 heteroatoms. The number of aromatic nitrogens is 1. The Morgan fingerprint density at radius 1 is 1.11 bits per heavy atom. The Morgan fingerprint density at radius 2 is 1.68 bits per heavy atom. The van der Waals surface area contributed by atoms with Crippen LogP contribution < -0.4 is 0 Å². The highest BCUT2D eigenvalue weighted by Crippen LogP contribution is 2.29. The van der Waals surface area contributed by atoms with Crippen molar-refractivity contribution in [1.82, 2.24) is 4.98 Å². The Morgan fingerprint density at radius 3 is 2.16 bits per heavy atom. The van der Waals surface area contributed by atoms with E-state index in [0.717, 1.165) is 16.3 Å². The molecule has 19 heavy (non-hydrogen) atoms. The molecule has 2 aromatic rings. The molecule has 0 fully saturated rings. The minimum Gasteiger partial charge on any atom is -0.385 e. The Bertz CT molecular complexity index is 559. The molecule has 1 aromatic carbocycles. The van der Waals surface area contributed by atoms with Crippen LogP contribution in [-0.2, 0) is 12.0 Å². The highest BCUT2D eigenvalue weighted by molar-refractivity contribution is 7.11. The smallest absolute Gasteiger partial charge is 0.0962 e. The predicted octanol–water partition coefficient (Wildman–Crippen LogP) is 3.83. The molecule has 0 radical (unpaired) electrons. The van der Waals surface area contributed by atoms with Crippen LogP contribution in [0, 0.1) is 27.7 Å². The van der Waals surface area contributed by atoms with Crippen molar-refractivity contribution in [2.75, 3.05) is 0 Å². The predicted molar refractivity (Wildman–Crippen MR) is 80.8 cm³/mol. The maximum Gasteiger partial charge on any atom is 0.0962 e. The number of aliphatic hydroxyl groups is 1. The molecular formula is C16H21NOS. The van der Waals surface area contributed by atoms with E-state index in [-0.39, 0.29) is 0 Å². The van der Waals surface area contributed by atoms with Crippen LogP contribution >= 0.6 is 11.3 Å². The van der Waals surface area contributed by atoms with Gasteiger partial charge in [0, 0.05) is 11.3 Å². The number of aryl methyl sites for hydroxylation is 4. The van der Waals surface area contributed by atoms with Gasteiger partial charge in [0.05, 0.1) is 16.3 Å². The van der Waals surface area contributed by atoms with E-state index in [1.807, 2.05) is 13.8 Å². The lowest BCUT2D eigenvalue weighted by Gasteiger charge is -2.23. The van der Waals surface area contributed by atoms with Gasteiger partial charge in [0.25, 0.3) is 0 Å². The average molecular weight is 275 g/mol. The fourth-order valence-electron chi connectivity index (χ4n) is 2.30. The van der Waals surface area contributed by atoms with Crippen LogP contribution in [0.4, 0.5) is 0 Å². The molecule has 1 heterocycles. The molecule has 1 atom stereocenters. The van der Waals surface area contributed by atoms with Crippen LogP contribution in [-0.4, -0.2) is 10.1 Å². The molecule has 2 nitrogen and oxygen atoms in total. The highest BCUT2D eigenvalue weighted by Gasteiger charge is 2.25. The number of benzene rings is 1. The first-order valence-corrected chi connectivity index (χ1v) is 7.33. The summed E-state index contributed by atoms with van der Waals surface area (Å²) in [6, 6.07) is 6.23. The Kier molecular flexibility index (Phi) is 3.79.